The molecule has 0 spiro atoms. The van der Waals surface area contributed by atoms with Crippen molar-refractivity contribution in [1.29, 1.82) is 0 Å². The highest BCUT2D eigenvalue weighted by Crippen LogP contribution is 2.27. The van der Waals surface area contributed by atoms with Gasteiger partial charge in [0.25, 0.3) is 5.91 Å². The Kier molecular flexibility index (Phi) is 5.97. The van der Waals surface area contributed by atoms with Gasteiger partial charge < -0.3 is 15.0 Å². The van der Waals surface area contributed by atoms with Gasteiger partial charge in [-0.25, -0.2) is 0 Å². The van der Waals surface area contributed by atoms with E-state index in [1.165, 1.54) is 0 Å². The number of nitrogens with one attached hydrogen (secondary N) is 1. The number of ether oxygens (including phenoxy) is 1. The van der Waals surface area contributed by atoms with Crippen LogP contribution in [-0.4, -0.2) is 36.5 Å². The third-order valence-electron chi connectivity index (χ3n) is 3.56. The van der Waals surface area contributed by atoms with Gasteiger partial charge in [-0.2, -0.15) is 0 Å². The highest BCUT2D eigenvalue weighted by atomic mass is 16.5. The zero-order valence-electron chi connectivity index (χ0n) is 13.9. The second-order valence-corrected chi connectivity index (χ2v) is 5.34. The van der Waals surface area contributed by atoms with Crippen molar-refractivity contribution >= 4 is 17.3 Å². The zero-order valence-corrected chi connectivity index (χ0v) is 13.9. The molecule has 0 aliphatic rings. The standard InChI is InChI=1S/C18H23N3O2/c1-4-5-12-21(2)18(22)16-13-14(10-11-19-16)20-15-8-6-7-9-17(15)23-3/h6-11,13H,4-5,12H2,1-3H3,(H,19,20). The summed E-state index contributed by atoms with van der Waals surface area (Å²) >= 11 is 0. The number of anilines is 2. The van der Waals surface area contributed by atoms with E-state index in [1.54, 1.807) is 31.3 Å². The number of aromatic nitrogens is 1. The Hall–Kier alpha value is -2.56. The van der Waals surface area contributed by atoms with Gasteiger partial charge in [0, 0.05) is 25.5 Å². The number of carbonyl (C=O) groups is 1. The molecule has 0 aliphatic carbocycles. The van der Waals surface area contributed by atoms with Crippen molar-refractivity contribution in [3.63, 3.8) is 0 Å². The molecule has 2 rings (SSSR count). The van der Waals surface area contributed by atoms with E-state index in [-0.39, 0.29) is 5.91 Å². The van der Waals surface area contributed by atoms with Crippen LogP contribution in [0.15, 0.2) is 42.6 Å². The first-order chi connectivity index (χ1) is 11.2. The van der Waals surface area contributed by atoms with Crippen molar-refractivity contribution in [3.05, 3.63) is 48.3 Å². The number of unbranched alkanes of at least 4 members (excludes halogenated alkanes) is 1. The molecule has 0 saturated heterocycles. The van der Waals surface area contributed by atoms with Crippen LogP contribution in [0.1, 0.15) is 30.3 Å². The van der Waals surface area contributed by atoms with Gasteiger partial charge in [0.2, 0.25) is 0 Å². The van der Waals surface area contributed by atoms with Crippen molar-refractivity contribution < 1.29 is 9.53 Å². The molecule has 0 atom stereocenters. The summed E-state index contributed by atoms with van der Waals surface area (Å²) in [5.41, 5.74) is 2.08. The van der Waals surface area contributed by atoms with Gasteiger partial charge in [-0.05, 0) is 30.7 Å². The first-order valence-electron chi connectivity index (χ1n) is 7.77. The number of rotatable bonds is 7. The van der Waals surface area contributed by atoms with E-state index >= 15 is 0 Å². The Balaban J connectivity index is 2.15. The van der Waals surface area contributed by atoms with E-state index in [1.807, 2.05) is 30.3 Å². The number of benzene rings is 1. The van der Waals surface area contributed by atoms with Gasteiger partial charge in [0.1, 0.15) is 11.4 Å². The molecule has 0 radical (unpaired) electrons. The largest absolute Gasteiger partial charge is 0.495 e. The van der Waals surface area contributed by atoms with Crippen LogP contribution < -0.4 is 10.1 Å². The van der Waals surface area contributed by atoms with Crippen LogP contribution in [0.3, 0.4) is 0 Å². The van der Waals surface area contributed by atoms with Crippen molar-refractivity contribution in [3.8, 4) is 5.75 Å². The Bertz CT molecular complexity index is 658. The molecule has 5 heteroatoms. The van der Waals surface area contributed by atoms with Gasteiger partial charge in [-0.15, -0.1) is 0 Å². The fourth-order valence-electron chi connectivity index (χ4n) is 2.22. The van der Waals surface area contributed by atoms with Gasteiger partial charge in [0.05, 0.1) is 12.8 Å². The number of methoxy groups -OCH3 is 1. The molecule has 2 aromatic rings. The SMILES string of the molecule is CCCCN(C)C(=O)c1cc(Nc2ccccc2OC)ccn1. The van der Waals surface area contributed by atoms with Gasteiger partial charge in [0.15, 0.2) is 0 Å². The molecule has 0 bridgehead atoms. The van der Waals surface area contributed by atoms with Gasteiger partial charge >= 0.3 is 0 Å². The number of hydrogen-bond acceptors (Lipinski definition) is 4. The molecular formula is C18H23N3O2. The first kappa shape index (κ1) is 16.8. The van der Waals surface area contributed by atoms with Crippen molar-refractivity contribution in [2.24, 2.45) is 0 Å². The number of carbonyl (C=O) groups excluding carboxylic acids is 1. The molecule has 1 aromatic carbocycles. The van der Waals surface area contributed by atoms with E-state index in [0.717, 1.165) is 36.5 Å². The van der Waals surface area contributed by atoms with Gasteiger partial charge in [-0.3, -0.25) is 9.78 Å². The molecule has 0 unspecified atom stereocenters. The Morgan fingerprint density at radius 2 is 2.09 bits per heavy atom. The molecule has 1 aromatic heterocycles. The number of pyridine rings is 1. The summed E-state index contributed by atoms with van der Waals surface area (Å²) in [6, 6.07) is 11.2. The number of nitrogens with zero attached hydrogens (tertiary/aromatic N) is 2. The predicted octanol–water partition coefficient (Wildman–Crippen LogP) is 3.71. The van der Waals surface area contributed by atoms with E-state index in [9.17, 15) is 4.79 Å². The predicted molar refractivity (Wildman–Crippen MR) is 92.4 cm³/mol. The van der Waals surface area contributed by atoms with E-state index in [2.05, 4.69) is 17.2 Å². The molecule has 1 N–H and O–H groups in total. The quantitative estimate of drug-likeness (QED) is 0.846. The normalized spacial score (nSPS) is 10.2. The van der Waals surface area contributed by atoms with Crippen LogP contribution in [0.25, 0.3) is 0 Å². The van der Waals surface area contributed by atoms with Gasteiger partial charge in [-0.1, -0.05) is 25.5 Å². The lowest BCUT2D eigenvalue weighted by molar-refractivity contribution is 0.0787. The average Bonchev–Trinajstić information content (AvgIpc) is 2.59. The molecule has 0 fully saturated rings. The topological polar surface area (TPSA) is 54.5 Å². The summed E-state index contributed by atoms with van der Waals surface area (Å²) in [4.78, 5) is 18.3. The lowest BCUT2D eigenvalue weighted by Gasteiger charge is -2.17. The molecule has 1 heterocycles. The maximum absolute atomic E-state index is 12.4. The number of amides is 1. The minimum Gasteiger partial charge on any atom is -0.495 e. The van der Waals surface area contributed by atoms with Crippen molar-refractivity contribution in [2.45, 2.75) is 19.8 Å². The van der Waals surface area contributed by atoms with E-state index in [0.29, 0.717) is 5.69 Å². The first-order valence-corrected chi connectivity index (χ1v) is 7.77. The van der Waals surface area contributed by atoms with Crippen LogP contribution in [0.4, 0.5) is 11.4 Å². The van der Waals surface area contributed by atoms with Crippen LogP contribution in [0.2, 0.25) is 0 Å². The van der Waals surface area contributed by atoms with E-state index in [4.69, 9.17) is 4.74 Å². The van der Waals surface area contributed by atoms with Crippen LogP contribution in [0.5, 0.6) is 5.75 Å². The van der Waals surface area contributed by atoms with Crippen LogP contribution >= 0.6 is 0 Å². The summed E-state index contributed by atoms with van der Waals surface area (Å²) < 4.78 is 5.32. The summed E-state index contributed by atoms with van der Waals surface area (Å²) in [5.74, 6) is 0.680. The van der Waals surface area contributed by atoms with Crippen LogP contribution in [-0.2, 0) is 0 Å². The molecule has 23 heavy (non-hydrogen) atoms. The maximum atomic E-state index is 12.4. The molecule has 0 saturated carbocycles. The van der Waals surface area contributed by atoms with Crippen molar-refractivity contribution in [1.82, 2.24) is 9.88 Å². The van der Waals surface area contributed by atoms with Crippen LogP contribution in [0, 0.1) is 0 Å². The molecule has 5 nitrogen and oxygen atoms in total. The van der Waals surface area contributed by atoms with E-state index < -0.39 is 0 Å². The fraction of sp³-hybridized carbons (Fsp3) is 0.333. The number of hydrogen-bond donors (Lipinski definition) is 1. The lowest BCUT2D eigenvalue weighted by Crippen LogP contribution is -2.28. The molecule has 1 amide bonds. The maximum Gasteiger partial charge on any atom is 0.272 e. The second-order valence-electron chi connectivity index (χ2n) is 5.34. The Morgan fingerprint density at radius 1 is 1.30 bits per heavy atom. The molecular weight excluding hydrogens is 290 g/mol. The fourth-order valence-corrected chi connectivity index (χ4v) is 2.22. The zero-order chi connectivity index (χ0) is 16.7. The third kappa shape index (κ3) is 4.45. The smallest absolute Gasteiger partial charge is 0.272 e. The summed E-state index contributed by atoms with van der Waals surface area (Å²) in [5, 5.41) is 3.27. The molecule has 0 aliphatic heterocycles. The third-order valence-corrected chi connectivity index (χ3v) is 3.56. The Morgan fingerprint density at radius 3 is 2.83 bits per heavy atom. The average molecular weight is 313 g/mol. The Labute approximate surface area is 137 Å². The lowest BCUT2D eigenvalue weighted by atomic mass is 10.2. The summed E-state index contributed by atoms with van der Waals surface area (Å²) in [6.45, 7) is 2.84. The minimum absolute atomic E-state index is 0.0675. The number of para-hydroxylation sites is 2. The molecule has 122 valence electrons. The summed E-state index contributed by atoms with van der Waals surface area (Å²) in [6.07, 6.45) is 3.68. The highest BCUT2D eigenvalue weighted by Gasteiger charge is 2.13. The highest BCUT2D eigenvalue weighted by molar-refractivity contribution is 5.93. The summed E-state index contributed by atoms with van der Waals surface area (Å²) in [7, 11) is 3.44. The minimum atomic E-state index is -0.0675. The second kappa shape index (κ2) is 8.17. The van der Waals surface area contributed by atoms with Crippen molar-refractivity contribution in [2.75, 3.05) is 26.0 Å². The monoisotopic (exact) mass is 313 g/mol.